The summed E-state index contributed by atoms with van der Waals surface area (Å²) in [5.41, 5.74) is 0. The number of phosphoric acid groups is 2. The Morgan fingerprint density at radius 2 is 0.609 bits per heavy atom. The molecule has 0 aliphatic carbocycles. The lowest BCUT2D eigenvalue weighted by Crippen LogP contribution is -2.30. The molecule has 0 aliphatic heterocycles. The van der Waals surface area contributed by atoms with Crippen LogP contribution in [0.4, 0.5) is 0 Å². The fourth-order valence-electron chi connectivity index (χ4n) is 8.88. The average Bonchev–Trinajstić information content (AvgIpc) is 3.63. The molecule has 0 amide bonds. The van der Waals surface area contributed by atoms with Crippen LogP contribution in [0.3, 0.4) is 0 Å². The van der Waals surface area contributed by atoms with Gasteiger partial charge in [-0.15, -0.1) is 0 Å². The molecule has 504 valence electrons. The Morgan fingerprint density at radius 1 is 0.333 bits per heavy atom. The first kappa shape index (κ1) is 83.7. The second-order valence-corrected chi connectivity index (χ2v) is 25.5. The van der Waals surface area contributed by atoms with E-state index in [1.807, 2.05) is 0 Å². The summed E-state index contributed by atoms with van der Waals surface area (Å²) in [5.74, 6) is -1.60. The summed E-state index contributed by atoms with van der Waals surface area (Å²) in [5, 5.41) is 20.5. The van der Waals surface area contributed by atoms with Crippen molar-refractivity contribution in [2.45, 2.75) is 296 Å². The molecule has 5 unspecified atom stereocenters. The van der Waals surface area contributed by atoms with E-state index in [2.05, 4.69) is 106 Å². The Balaban J connectivity index is 4.58. The topological polar surface area (TPSA) is 231 Å². The summed E-state index contributed by atoms with van der Waals surface area (Å²) < 4.78 is 60.8. The lowest BCUT2D eigenvalue weighted by Gasteiger charge is -2.21. The molecule has 16 nitrogen and oxygen atoms in total. The maximum Gasteiger partial charge on any atom is 0.472 e. The lowest BCUT2D eigenvalue weighted by atomic mass is 10.1. The largest absolute Gasteiger partial charge is 0.472 e. The summed E-state index contributed by atoms with van der Waals surface area (Å²) >= 11 is 0. The van der Waals surface area contributed by atoms with Crippen molar-refractivity contribution >= 4 is 33.6 Å². The summed E-state index contributed by atoms with van der Waals surface area (Å²) in [6.45, 7) is 2.51. The predicted molar refractivity (Wildman–Crippen MR) is 353 cm³/mol. The van der Waals surface area contributed by atoms with E-state index >= 15 is 0 Å². The highest BCUT2D eigenvalue weighted by Gasteiger charge is 2.29. The number of phosphoric ester groups is 2. The van der Waals surface area contributed by atoms with E-state index < -0.39 is 91.5 Å². The SMILES string of the molecule is CC/C=C\C/C=C\C/C=C\C/C=C\C/C=C\CCCCCCCCCC(=O)OCC(O)COP(=O)(O)OCC(O)COP(=O)(O)OCC(COC(=O)CCCCCCC/C=C\CCCCCCCC)OC(=O)CCCCCCC/C=C\CCCCCC. The van der Waals surface area contributed by atoms with Crippen molar-refractivity contribution in [3.63, 3.8) is 0 Å². The monoisotopic (exact) mass is 1270 g/mol. The number of aliphatic hydroxyl groups is 2. The first-order valence-electron chi connectivity index (χ1n) is 33.9. The minimum Gasteiger partial charge on any atom is -0.463 e. The molecule has 0 saturated carbocycles. The van der Waals surface area contributed by atoms with Crippen molar-refractivity contribution in [3.05, 3.63) is 85.1 Å². The highest BCUT2D eigenvalue weighted by atomic mass is 31.2. The fraction of sp³-hybridized carbons (Fsp3) is 0.754. The Hall–Kier alpha value is -3.27. The summed E-state index contributed by atoms with van der Waals surface area (Å²) in [7, 11) is -9.77. The maximum atomic E-state index is 12.9. The Kier molecular flexibility index (Phi) is 60.5. The molecular weight excluding hydrogens is 1150 g/mol. The van der Waals surface area contributed by atoms with E-state index in [0.717, 1.165) is 154 Å². The third-order valence-corrected chi connectivity index (χ3v) is 16.0. The minimum atomic E-state index is -4.92. The number of aliphatic hydroxyl groups excluding tert-OH is 2. The van der Waals surface area contributed by atoms with Crippen molar-refractivity contribution in [2.24, 2.45) is 0 Å². The molecule has 87 heavy (non-hydrogen) atoms. The van der Waals surface area contributed by atoms with Crippen LogP contribution in [0.5, 0.6) is 0 Å². The van der Waals surface area contributed by atoms with Gasteiger partial charge in [-0.25, -0.2) is 9.13 Å². The van der Waals surface area contributed by atoms with Crippen molar-refractivity contribution in [3.8, 4) is 0 Å². The molecule has 0 heterocycles. The molecule has 0 rings (SSSR count). The number of carbonyl (C=O) groups excluding carboxylic acids is 3. The average molecular weight is 1270 g/mol. The van der Waals surface area contributed by atoms with Gasteiger partial charge in [-0.05, 0) is 116 Å². The Labute approximate surface area is 527 Å². The van der Waals surface area contributed by atoms with Gasteiger partial charge in [0.1, 0.15) is 25.4 Å². The van der Waals surface area contributed by atoms with Gasteiger partial charge in [0.25, 0.3) is 0 Å². The maximum absolute atomic E-state index is 12.9. The zero-order chi connectivity index (χ0) is 63.8. The third-order valence-electron chi connectivity index (χ3n) is 14.1. The van der Waals surface area contributed by atoms with Crippen molar-refractivity contribution in [1.82, 2.24) is 0 Å². The van der Waals surface area contributed by atoms with Crippen LogP contribution < -0.4 is 0 Å². The molecule has 0 aromatic rings. The van der Waals surface area contributed by atoms with Crippen LogP contribution in [0.15, 0.2) is 85.1 Å². The second-order valence-electron chi connectivity index (χ2n) is 22.6. The number of rotatable bonds is 64. The number of esters is 3. The van der Waals surface area contributed by atoms with Gasteiger partial charge in [0.05, 0.1) is 26.4 Å². The van der Waals surface area contributed by atoms with Crippen LogP contribution in [0.25, 0.3) is 0 Å². The fourth-order valence-corrected chi connectivity index (χ4v) is 10.5. The van der Waals surface area contributed by atoms with E-state index in [-0.39, 0.29) is 19.3 Å². The zero-order valence-corrected chi connectivity index (χ0v) is 56.2. The first-order chi connectivity index (χ1) is 42.2. The van der Waals surface area contributed by atoms with E-state index in [1.165, 1.54) is 64.2 Å². The van der Waals surface area contributed by atoms with Gasteiger partial charge in [0.2, 0.25) is 0 Å². The molecule has 18 heteroatoms. The van der Waals surface area contributed by atoms with Crippen LogP contribution >= 0.6 is 15.6 Å². The second kappa shape index (κ2) is 62.9. The van der Waals surface area contributed by atoms with Crippen LogP contribution in [-0.4, -0.2) is 95.9 Å². The first-order valence-corrected chi connectivity index (χ1v) is 36.9. The van der Waals surface area contributed by atoms with Crippen molar-refractivity contribution in [2.75, 3.05) is 39.6 Å². The summed E-state index contributed by atoms with van der Waals surface area (Å²) in [6, 6.07) is 0. The van der Waals surface area contributed by atoms with Gasteiger partial charge in [-0.3, -0.25) is 32.5 Å². The van der Waals surface area contributed by atoms with Crippen LogP contribution in [0, 0.1) is 0 Å². The van der Waals surface area contributed by atoms with Gasteiger partial charge in [0, 0.05) is 19.3 Å². The van der Waals surface area contributed by atoms with Gasteiger partial charge >= 0.3 is 33.6 Å². The molecule has 0 aliphatic rings. The number of ether oxygens (including phenoxy) is 3. The Morgan fingerprint density at radius 3 is 0.989 bits per heavy atom. The predicted octanol–water partition coefficient (Wildman–Crippen LogP) is 18.5. The quantitative estimate of drug-likeness (QED) is 0.0146. The smallest absolute Gasteiger partial charge is 0.463 e. The van der Waals surface area contributed by atoms with Gasteiger partial charge < -0.3 is 34.2 Å². The third kappa shape index (κ3) is 64.1. The van der Waals surface area contributed by atoms with E-state index in [9.17, 15) is 43.5 Å². The highest BCUT2D eigenvalue weighted by Crippen LogP contribution is 2.45. The normalized spacial score (nSPS) is 14.8. The van der Waals surface area contributed by atoms with Gasteiger partial charge in [-0.1, -0.05) is 228 Å². The minimum absolute atomic E-state index is 0.0942. The molecule has 5 atom stereocenters. The van der Waals surface area contributed by atoms with E-state index in [1.54, 1.807) is 0 Å². The van der Waals surface area contributed by atoms with E-state index in [0.29, 0.717) is 19.3 Å². The molecule has 0 radical (unpaired) electrons. The van der Waals surface area contributed by atoms with Gasteiger partial charge in [-0.2, -0.15) is 0 Å². The van der Waals surface area contributed by atoms with Crippen molar-refractivity contribution in [1.29, 1.82) is 0 Å². The highest BCUT2D eigenvalue weighted by molar-refractivity contribution is 7.47. The summed E-state index contributed by atoms with van der Waals surface area (Å²) in [6.07, 6.45) is 66.4. The van der Waals surface area contributed by atoms with Crippen LogP contribution in [0.2, 0.25) is 0 Å². The standard InChI is InChI=1S/C69H122O16P2/c1-4-7-10-13-16-19-22-25-27-28-29-30-31-32-33-34-36-39-40-43-46-49-52-55-67(72)79-58-64(70)59-81-86(75,76)82-60-65(71)61-83-87(77,78)84-63-66(85-69(74)57-54-51-48-45-42-37-24-21-18-15-12-9-6-3)62-80-68(73)56-53-50-47-44-41-38-35-26-23-20-17-14-11-8-5-2/h7,10,16,19,21,24-27,29-30,32-33,35,64-66,70-71H,4-6,8-9,11-15,17-18,20,22-23,28,31,34,36-63H2,1-3H3,(H,75,76)(H,77,78)/b10-7-,19-16-,24-21-,27-25-,30-29-,33-32-,35-26-. The molecule has 0 aromatic carbocycles. The number of hydrogen-bond acceptors (Lipinski definition) is 14. The number of carbonyl (C=O) groups is 3. The number of unbranched alkanes of at least 4 members (excludes halogenated alkanes) is 27. The zero-order valence-electron chi connectivity index (χ0n) is 54.4. The van der Waals surface area contributed by atoms with Crippen molar-refractivity contribution < 1.29 is 75.8 Å². The van der Waals surface area contributed by atoms with E-state index in [4.69, 9.17) is 32.3 Å². The number of allylic oxidation sites excluding steroid dienone is 14. The van der Waals surface area contributed by atoms with Crippen LogP contribution in [-0.2, 0) is 55.8 Å². The molecule has 4 N–H and O–H groups in total. The number of hydrogen-bond donors (Lipinski definition) is 4. The molecule has 0 fully saturated rings. The molecular formula is C69H122O16P2. The molecule has 0 aromatic heterocycles. The molecule has 0 saturated heterocycles. The lowest BCUT2D eigenvalue weighted by molar-refractivity contribution is -0.161. The molecule has 0 spiro atoms. The summed E-state index contributed by atoms with van der Waals surface area (Å²) in [4.78, 5) is 58.3. The van der Waals surface area contributed by atoms with Crippen LogP contribution in [0.1, 0.15) is 278 Å². The Bertz CT molecular complexity index is 1930. The van der Waals surface area contributed by atoms with Gasteiger partial charge in [0.15, 0.2) is 6.10 Å². The molecule has 0 bridgehead atoms.